The van der Waals surface area contributed by atoms with Crippen LogP contribution in [0.2, 0.25) is 6.32 Å². The van der Waals surface area contributed by atoms with Gasteiger partial charge in [-0.3, -0.25) is 14.5 Å². The van der Waals surface area contributed by atoms with Crippen molar-refractivity contribution in [2.45, 2.75) is 65.8 Å². The van der Waals surface area contributed by atoms with Gasteiger partial charge in [0.1, 0.15) is 5.75 Å². The second-order valence-corrected chi connectivity index (χ2v) is 11.4. The van der Waals surface area contributed by atoms with Crippen LogP contribution in [0.15, 0.2) is 39.4 Å². The molecule has 6 nitrogen and oxygen atoms in total. The number of hydrogen-bond donors (Lipinski definition) is 2. The van der Waals surface area contributed by atoms with E-state index in [1.54, 1.807) is 12.1 Å². The van der Waals surface area contributed by atoms with Crippen molar-refractivity contribution in [3.05, 3.63) is 45.0 Å². The molecule has 35 heavy (non-hydrogen) atoms. The van der Waals surface area contributed by atoms with E-state index in [0.717, 1.165) is 27.6 Å². The highest BCUT2D eigenvalue weighted by Gasteiger charge is 2.57. The second-order valence-electron chi connectivity index (χ2n) is 10.5. The van der Waals surface area contributed by atoms with Crippen molar-refractivity contribution < 1.29 is 24.4 Å². The molecular formula is C27H35BBrNO5. The van der Waals surface area contributed by atoms with Gasteiger partial charge in [0, 0.05) is 16.6 Å². The summed E-state index contributed by atoms with van der Waals surface area (Å²) in [5.74, 6) is -0.577. The van der Waals surface area contributed by atoms with Gasteiger partial charge in [0.25, 0.3) is 0 Å². The highest BCUT2D eigenvalue weighted by molar-refractivity contribution is 9.10. The lowest BCUT2D eigenvalue weighted by molar-refractivity contribution is -0.140. The minimum atomic E-state index is -0.956. The number of imide groups is 1. The van der Waals surface area contributed by atoms with Gasteiger partial charge in [-0.15, -0.1) is 0 Å². The Bertz CT molecular complexity index is 1070. The third kappa shape index (κ3) is 5.16. The van der Waals surface area contributed by atoms with E-state index in [1.165, 1.54) is 10.5 Å². The zero-order chi connectivity index (χ0) is 25.4. The molecule has 2 amide bonds. The zero-order valence-corrected chi connectivity index (χ0v) is 22.5. The van der Waals surface area contributed by atoms with Crippen LogP contribution in [0.4, 0.5) is 0 Å². The monoisotopic (exact) mass is 543 g/mol. The molecule has 0 unspecified atom stereocenters. The van der Waals surface area contributed by atoms with Crippen molar-refractivity contribution in [1.82, 2.24) is 4.90 Å². The summed E-state index contributed by atoms with van der Waals surface area (Å²) in [5, 5.41) is 20.8. The fraction of sp³-hybridized carbons (Fsp3) is 0.556. The molecule has 2 saturated heterocycles. The van der Waals surface area contributed by atoms with Crippen molar-refractivity contribution in [1.29, 1.82) is 0 Å². The fourth-order valence-electron chi connectivity index (χ4n) is 6.10. The van der Waals surface area contributed by atoms with Crippen LogP contribution in [-0.4, -0.2) is 46.6 Å². The van der Waals surface area contributed by atoms with Crippen LogP contribution in [0.25, 0.3) is 6.08 Å². The average molecular weight is 544 g/mol. The summed E-state index contributed by atoms with van der Waals surface area (Å²) >= 11 is 3.45. The molecule has 1 aromatic carbocycles. The van der Waals surface area contributed by atoms with Crippen LogP contribution in [-0.2, 0) is 14.2 Å². The number of likely N-dealkylation sites (tertiary alicyclic amines) is 1. The van der Waals surface area contributed by atoms with Gasteiger partial charge in [0.15, 0.2) is 0 Å². The number of aromatic hydroxyl groups is 1. The molecule has 2 N–H and O–H groups in total. The molecule has 4 atom stereocenters. The molecule has 2 fully saturated rings. The number of phenolic OH excluding ortho intramolecular Hbond substituents is 1. The number of carbonyl (C=O) groups is 2. The van der Waals surface area contributed by atoms with Crippen LogP contribution in [0.5, 0.6) is 5.75 Å². The lowest BCUT2D eigenvalue weighted by Crippen LogP contribution is -2.46. The number of fused-ring (bicyclic) bond motifs is 3. The van der Waals surface area contributed by atoms with E-state index >= 15 is 0 Å². The molecule has 0 bridgehead atoms. The van der Waals surface area contributed by atoms with Crippen LogP contribution in [0, 0.1) is 23.7 Å². The van der Waals surface area contributed by atoms with Crippen molar-refractivity contribution in [3.63, 3.8) is 0 Å². The van der Waals surface area contributed by atoms with Crippen molar-refractivity contribution in [2.24, 2.45) is 23.7 Å². The minimum Gasteiger partial charge on any atom is -0.507 e. The molecule has 8 heteroatoms. The van der Waals surface area contributed by atoms with Gasteiger partial charge in [-0.05, 0) is 74.5 Å². The van der Waals surface area contributed by atoms with Crippen LogP contribution in [0.1, 0.15) is 58.9 Å². The van der Waals surface area contributed by atoms with E-state index in [2.05, 4.69) is 29.8 Å². The van der Waals surface area contributed by atoms with Gasteiger partial charge in [-0.2, -0.15) is 0 Å². The molecular weight excluding hydrogens is 509 g/mol. The first-order valence-electron chi connectivity index (χ1n) is 12.7. The third-order valence-corrected chi connectivity index (χ3v) is 8.17. The van der Waals surface area contributed by atoms with E-state index in [1.807, 2.05) is 26.0 Å². The average Bonchev–Trinajstić information content (AvgIpc) is 3.04. The first-order chi connectivity index (χ1) is 16.6. The normalized spacial score (nSPS) is 27.1. The van der Waals surface area contributed by atoms with E-state index in [-0.39, 0.29) is 41.4 Å². The minimum absolute atomic E-state index is 0.0517. The smallest absolute Gasteiger partial charge is 0.455 e. The number of allylic oxidation sites excluding steroid dienone is 2. The highest BCUT2D eigenvalue weighted by Crippen LogP contribution is 2.52. The van der Waals surface area contributed by atoms with E-state index < -0.39 is 13.0 Å². The number of amides is 2. The van der Waals surface area contributed by atoms with Crippen LogP contribution in [0.3, 0.4) is 0 Å². The Morgan fingerprint density at radius 3 is 2.71 bits per heavy atom. The van der Waals surface area contributed by atoms with Crippen molar-refractivity contribution >= 4 is 40.9 Å². The zero-order valence-electron chi connectivity index (χ0n) is 21.0. The lowest BCUT2D eigenvalue weighted by Gasteiger charge is -2.44. The molecule has 0 saturated carbocycles. The largest absolute Gasteiger partial charge is 0.507 e. The summed E-state index contributed by atoms with van der Waals surface area (Å²) in [5.41, 5.74) is 4.16. The second kappa shape index (κ2) is 10.6. The summed E-state index contributed by atoms with van der Waals surface area (Å²) < 4.78 is 6.96. The summed E-state index contributed by atoms with van der Waals surface area (Å²) in [6, 6.07) is 5.34. The molecule has 0 spiro atoms. The van der Waals surface area contributed by atoms with Gasteiger partial charge in [0.05, 0.1) is 17.9 Å². The highest BCUT2D eigenvalue weighted by atomic mass is 79.9. The summed E-state index contributed by atoms with van der Waals surface area (Å²) in [4.78, 5) is 27.9. The van der Waals surface area contributed by atoms with Crippen molar-refractivity contribution in [3.8, 4) is 5.75 Å². The number of carbonyl (C=O) groups excluding carboxylic acids is 2. The first-order valence-corrected chi connectivity index (χ1v) is 13.5. The molecule has 3 aliphatic rings. The van der Waals surface area contributed by atoms with Crippen LogP contribution < -0.4 is 0 Å². The van der Waals surface area contributed by atoms with Gasteiger partial charge in [0.2, 0.25) is 11.8 Å². The molecule has 2 aliphatic heterocycles. The Morgan fingerprint density at radius 2 is 2.03 bits per heavy atom. The third-order valence-electron chi connectivity index (χ3n) is 7.67. The number of nitrogens with zero attached hydrogens (tertiary/aromatic N) is 1. The van der Waals surface area contributed by atoms with Crippen LogP contribution >= 0.6 is 15.9 Å². The number of rotatable bonds is 7. The molecule has 1 aliphatic carbocycles. The predicted molar refractivity (Wildman–Crippen MR) is 140 cm³/mol. The maximum atomic E-state index is 13.3. The van der Waals surface area contributed by atoms with Gasteiger partial charge in [-0.1, -0.05) is 53.9 Å². The quantitative estimate of drug-likeness (QED) is 0.280. The first kappa shape index (κ1) is 26.2. The number of phenols is 1. The Morgan fingerprint density at radius 1 is 1.29 bits per heavy atom. The number of halogens is 1. The van der Waals surface area contributed by atoms with E-state index in [9.17, 15) is 19.7 Å². The maximum Gasteiger partial charge on any atom is 0.455 e. The summed E-state index contributed by atoms with van der Waals surface area (Å²) in [7, 11) is -0.956. The Balaban J connectivity index is 1.62. The van der Waals surface area contributed by atoms with E-state index in [0.29, 0.717) is 32.1 Å². The van der Waals surface area contributed by atoms with Gasteiger partial charge in [-0.25, -0.2) is 0 Å². The maximum absolute atomic E-state index is 13.3. The molecule has 1 aromatic rings. The molecule has 2 heterocycles. The number of benzene rings is 1. The molecule has 188 valence electrons. The van der Waals surface area contributed by atoms with Gasteiger partial charge < -0.3 is 14.8 Å². The summed E-state index contributed by atoms with van der Waals surface area (Å²) in [6.45, 7) is 8.72. The fourth-order valence-corrected chi connectivity index (χ4v) is 6.48. The lowest BCUT2D eigenvalue weighted by atomic mass is 9.57. The number of hydrogen-bond acceptors (Lipinski definition) is 5. The predicted octanol–water partition coefficient (Wildman–Crippen LogP) is 5.20. The van der Waals surface area contributed by atoms with Gasteiger partial charge >= 0.3 is 7.12 Å². The SMILES string of the molecule is CCCN1C(=O)[C@@H]2[C@@H](CC(C(C)C)=C3[C@@H](CC/C(C)=C/c4cc(Br)ccc4O)OB(O)C[C@@H]32)C1=O. The molecule has 0 aromatic heterocycles. The molecule has 4 rings (SSSR count). The van der Waals surface area contributed by atoms with E-state index in [4.69, 9.17) is 4.65 Å². The summed E-state index contributed by atoms with van der Waals surface area (Å²) in [6.07, 6.45) is 4.73. The van der Waals surface area contributed by atoms with Crippen molar-refractivity contribution in [2.75, 3.05) is 6.54 Å². The molecule has 0 radical (unpaired) electrons. The Kier molecular flexibility index (Phi) is 7.94. The Labute approximate surface area is 216 Å². The topological polar surface area (TPSA) is 87.1 Å². The standard InChI is InChI=1S/C27H35BBrNO5/c1-5-10-30-26(32)20-13-19(15(2)3)24-21(25(20)27(30)33)14-28(34)35-23(24)9-6-16(4)11-17-12-18(29)7-8-22(17)31/h7-8,11-12,15,20-21,23,25,31,34H,5-6,9-10,13-14H2,1-4H3/b16-11+/t20-,21+,23-,25-/m1/s1. The Hall–Kier alpha value is -1.90.